The molecule has 0 aliphatic carbocycles. The molecule has 2 aromatic carbocycles. The number of rotatable bonds is 3. The van der Waals surface area contributed by atoms with Crippen molar-refractivity contribution in [3.63, 3.8) is 0 Å². The zero-order valence-electron chi connectivity index (χ0n) is 15.1. The van der Waals surface area contributed by atoms with Crippen LogP contribution in [-0.2, 0) is 12.8 Å². The Morgan fingerprint density at radius 1 is 1.12 bits per heavy atom. The van der Waals surface area contributed by atoms with Crippen molar-refractivity contribution in [3.8, 4) is 5.75 Å². The van der Waals surface area contributed by atoms with E-state index in [1.54, 1.807) is 0 Å². The molecule has 0 bridgehead atoms. The summed E-state index contributed by atoms with van der Waals surface area (Å²) in [4.78, 5) is 12.8. The Hall–Kier alpha value is -1.84. The van der Waals surface area contributed by atoms with Gasteiger partial charge in [-0.1, -0.05) is 36.7 Å². The molecule has 0 amide bonds. The standard InChI is InChI=1S/C22H24ClNO2/c1-2-15-3-5-19(23)17(11-15)12-16-4-6-21-18(13-16)20(25)14-22(26-21)7-9-24-10-8-22/h3-6,11,13,24H,2,7-10,12,14H2,1H3. The number of benzene rings is 2. The van der Waals surface area contributed by atoms with Crippen LogP contribution in [-0.4, -0.2) is 24.5 Å². The van der Waals surface area contributed by atoms with E-state index in [2.05, 4.69) is 30.4 Å². The molecule has 1 N–H and O–H groups in total. The van der Waals surface area contributed by atoms with Crippen molar-refractivity contribution in [2.75, 3.05) is 13.1 Å². The summed E-state index contributed by atoms with van der Waals surface area (Å²) in [7, 11) is 0. The fourth-order valence-corrected chi connectivity index (χ4v) is 4.20. The Kier molecular flexibility index (Phi) is 4.76. The van der Waals surface area contributed by atoms with Crippen LogP contribution in [0.25, 0.3) is 0 Å². The van der Waals surface area contributed by atoms with Crippen molar-refractivity contribution in [2.24, 2.45) is 0 Å². The van der Waals surface area contributed by atoms with Crippen LogP contribution in [0, 0.1) is 0 Å². The van der Waals surface area contributed by atoms with Gasteiger partial charge in [0.1, 0.15) is 11.4 Å². The van der Waals surface area contributed by atoms with E-state index in [1.165, 1.54) is 5.56 Å². The molecule has 1 spiro atoms. The average molecular weight is 370 g/mol. The summed E-state index contributed by atoms with van der Waals surface area (Å²) in [6, 6.07) is 12.2. The summed E-state index contributed by atoms with van der Waals surface area (Å²) >= 11 is 6.37. The van der Waals surface area contributed by atoms with Gasteiger partial charge in [0, 0.05) is 17.9 Å². The van der Waals surface area contributed by atoms with Gasteiger partial charge in [0.2, 0.25) is 0 Å². The first kappa shape index (κ1) is 17.6. The molecule has 4 rings (SSSR count). The van der Waals surface area contributed by atoms with Crippen molar-refractivity contribution >= 4 is 17.4 Å². The first-order valence-corrected chi connectivity index (χ1v) is 9.79. The quantitative estimate of drug-likeness (QED) is 0.860. The molecule has 26 heavy (non-hydrogen) atoms. The van der Waals surface area contributed by atoms with Gasteiger partial charge in [0.25, 0.3) is 0 Å². The van der Waals surface area contributed by atoms with Gasteiger partial charge in [-0.2, -0.15) is 0 Å². The summed E-state index contributed by atoms with van der Waals surface area (Å²) in [6.07, 6.45) is 3.97. The molecule has 2 aliphatic heterocycles. The predicted molar refractivity (Wildman–Crippen MR) is 104 cm³/mol. The van der Waals surface area contributed by atoms with Crippen LogP contribution in [0.15, 0.2) is 36.4 Å². The van der Waals surface area contributed by atoms with Gasteiger partial charge in [-0.25, -0.2) is 0 Å². The van der Waals surface area contributed by atoms with E-state index in [0.717, 1.165) is 66.2 Å². The second kappa shape index (κ2) is 7.05. The topological polar surface area (TPSA) is 38.3 Å². The molecule has 0 aromatic heterocycles. The Labute approximate surface area is 159 Å². The van der Waals surface area contributed by atoms with Crippen LogP contribution in [0.3, 0.4) is 0 Å². The Morgan fingerprint density at radius 3 is 2.65 bits per heavy atom. The van der Waals surface area contributed by atoms with Crippen molar-refractivity contribution < 1.29 is 9.53 Å². The van der Waals surface area contributed by atoms with Gasteiger partial charge in [-0.3, -0.25) is 4.79 Å². The summed E-state index contributed by atoms with van der Waals surface area (Å²) in [5, 5.41) is 4.12. The molecule has 3 nitrogen and oxygen atoms in total. The maximum absolute atomic E-state index is 12.8. The van der Waals surface area contributed by atoms with E-state index in [0.29, 0.717) is 6.42 Å². The fourth-order valence-electron chi connectivity index (χ4n) is 4.02. The number of nitrogens with one attached hydrogen (secondary N) is 1. The number of ether oxygens (including phenoxy) is 1. The maximum Gasteiger partial charge on any atom is 0.170 e. The monoisotopic (exact) mass is 369 g/mol. The minimum absolute atomic E-state index is 0.198. The average Bonchev–Trinajstić information content (AvgIpc) is 2.65. The highest BCUT2D eigenvalue weighted by molar-refractivity contribution is 6.31. The number of hydrogen-bond acceptors (Lipinski definition) is 3. The predicted octanol–water partition coefficient (Wildman–Crippen LogP) is 4.58. The SMILES string of the molecule is CCc1ccc(Cl)c(Cc2ccc3c(c2)C(=O)CC2(CCNCC2)O3)c1. The lowest BCUT2D eigenvalue weighted by atomic mass is 9.82. The summed E-state index contributed by atoms with van der Waals surface area (Å²) in [5.74, 6) is 0.934. The minimum Gasteiger partial charge on any atom is -0.486 e. The minimum atomic E-state index is -0.310. The van der Waals surface area contributed by atoms with Crippen molar-refractivity contribution in [1.29, 1.82) is 0 Å². The third kappa shape index (κ3) is 3.38. The lowest BCUT2D eigenvalue weighted by molar-refractivity contribution is 0.0187. The molecular weight excluding hydrogens is 346 g/mol. The largest absolute Gasteiger partial charge is 0.486 e. The number of ketones is 1. The van der Waals surface area contributed by atoms with Crippen LogP contribution >= 0.6 is 11.6 Å². The van der Waals surface area contributed by atoms with E-state index in [9.17, 15) is 4.79 Å². The maximum atomic E-state index is 12.8. The number of piperidine rings is 1. The van der Waals surface area contributed by atoms with E-state index >= 15 is 0 Å². The van der Waals surface area contributed by atoms with Crippen LogP contribution in [0.1, 0.15) is 53.2 Å². The van der Waals surface area contributed by atoms with Gasteiger partial charge in [0.05, 0.1) is 12.0 Å². The molecule has 0 unspecified atom stereocenters. The fraction of sp³-hybridized carbons (Fsp3) is 0.409. The Morgan fingerprint density at radius 2 is 1.88 bits per heavy atom. The van der Waals surface area contributed by atoms with Gasteiger partial charge >= 0.3 is 0 Å². The second-order valence-corrected chi connectivity index (χ2v) is 7.83. The van der Waals surface area contributed by atoms with Gasteiger partial charge in [-0.05, 0) is 60.8 Å². The lowest BCUT2D eigenvalue weighted by Gasteiger charge is -2.41. The molecule has 2 heterocycles. The highest BCUT2D eigenvalue weighted by Crippen LogP contribution is 2.38. The lowest BCUT2D eigenvalue weighted by Crippen LogP contribution is -2.49. The number of carbonyl (C=O) groups excluding carboxylic acids is 1. The van der Waals surface area contributed by atoms with Crippen LogP contribution in [0.5, 0.6) is 5.75 Å². The zero-order chi connectivity index (χ0) is 18.1. The Balaban J connectivity index is 1.60. The molecule has 2 aromatic rings. The highest BCUT2D eigenvalue weighted by Gasteiger charge is 2.41. The number of aryl methyl sites for hydroxylation is 1. The van der Waals surface area contributed by atoms with Crippen LogP contribution in [0.2, 0.25) is 5.02 Å². The third-order valence-electron chi connectivity index (χ3n) is 5.58. The number of Topliss-reactive ketones (excluding diaryl/α,β-unsaturated/α-hetero) is 1. The first-order valence-electron chi connectivity index (χ1n) is 9.42. The van der Waals surface area contributed by atoms with Gasteiger partial charge in [-0.15, -0.1) is 0 Å². The smallest absolute Gasteiger partial charge is 0.170 e. The highest BCUT2D eigenvalue weighted by atomic mass is 35.5. The molecule has 4 heteroatoms. The van der Waals surface area contributed by atoms with E-state index in [1.807, 2.05) is 18.2 Å². The molecule has 136 valence electrons. The van der Waals surface area contributed by atoms with Gasteiger partial charge < -0.3 is 10.1 Å². The van der Waals surface area contributed by atoms with E-state index in [-0.39, 0.29) is 11.4 Å². The van der Waals surface area contributed by atoms with Crippen LogP contribution in [0.4, 0.5) is 0 Å². The van der Waals surface area contributed by atoms with Crippen molar-refractivity contribution in [2.45, 2.75) is 44.6 Å². The van der Waals surface area contributed by atoms with Crippen molar-refractivity contribution in [1.82, 2.24) is 5.32 Å². The number of fused-ring (bicyclic) bond motifs is 1. The summed E-state index contributed by atoms with van der Waals surface area (Å²) in [6.45, 7) is 3.96. The number of halogens is 1. The first-order chi connectivity index (χ1) is 12.6. The molecule has 2 aliphatic rings. The molecule has 1 fully saturated rings. The summed E-state index contributed by atoms with van der Waals surface area (Å²) in [5.41, 5.74) is 3.88. The zero-order valence-corrected chi connectivity index (χ0v) is 15.9. The summed E-state index contributed by atoms with van der Waals surface area (Å²) < 4.78 is 6.31. The molecule has 0 atom stereocenters. The van der Waals surface area contributed by atoms with E-state index in [4.69, 9.17) is 16.3 Å². The van der Waals surface area contributed by atoms with E-state index < -0.39 is 0 Å². The molecule has 1 saturated heterocycles. The third-order valence-corrected chi connectivity index (χ3v) is 5.95. The number of hydrogen-bond donors (Lipinski definition) is 1. The second-order valence-electron chi connectivity index (χ2n) is 7.42. The Bertz CT molecular complexity index is 840. The molecule has 0 saturated carbocycles. The number of carbonyl (C=O) groups is 1. The van der Waals surface area contributed by atoms with Crippen LogP contribution < -0.4 is 10.1 Å². The van der Waals surface area contributed by atoms with Crippen molar-refractivity contribution in [3.05, 3.63) is 63.7 Å². The van der Waals surface area contributed by atoms with Gasteiger partial charge in [0.15, 0.2) is 5.78 Å². The molecular formula is C22H24ClNO2. The normalized spacial score (nSPS) is 18.5. The molecule has 0 radical (unpaired) electrons.